The number of nitrogens with zero attached hydrogens (tertiary/aromatic N) is 1. The molecule has 1 amide bonds. The number of carbonyl (C=O) groups is 1. The zero-order valence-electron chi connectivity index (χ0n) is 10.8. The van der Waals surface area contributed by atoms with Crippen molar-refractivity contribution in [3.8, 4) is 0 Å². The lowest BCUT2D eigenvalue weighted by atomic mass is 10.2. The highest BCUT2D eigenvalue weighted by Crippen LogP contribution is 2.20. The van der Waals surface area contributed by atoms with Crippen LogP contribution >= 0.6 is 15.9 Å². The van der Waals surface area contributed by atoms with Crippen molar-refractivity contribution in [3.05, 3.63) is 28.7 Å². The largest absolute Gasteiger partial charge is 0.369 e. The van der Waals surface area contributed by atoms with Crippen molar-refractivity contribution in [2.24, 2.45) is 11.7 Å². The maximum Gasteiger partial charge on any atom is 0.243 e. The van der Waals surface area contributed by atoms with Gasteiger partial charge in [0.25, 0.3) is 0 Å². The molecule has 1 rings (SSSR count). The second kappa shape index (κ2) is 6.49. The van der Waals surface area contributed by atoms with Gasteiger partial charge < -0.3 is 5.73 Å². The van der Waals surface area contributed by atoms with E-state index in [9.17, 15) is 13.2 Å². The minimum atomic E-state index is -3.71. The lowest BCUT2D eigenvalue weighted by Crippen LogP contribution is -2.40. The third-order valence-corrected chi connectivity index (χ3v) is 4.64. The fourth-order valence-electron chi connectivity index (χ4n) is 1.61. The summed E-state index contributed by atoms with van der Waals surface area (Å²) in [7, 11) is -3.71. The van der Waals surface area contributed by atoms with Gasteiger partial charge in [0.05, 0.1) is 11.4 Å². The van der Waals surface area contributed by atoms with Gasteiger partial charge in [-0.05, 0) is 24.1 Å². The van der Waals surface area contributed by atoms with Crippen molar-refractivity contribution in [1.82, 2.24) is 4.31 Å². The predicted molar refractivity (Wildman–Crippen MR) is 76.9 cm³/mol. The van der Waals surface area contributed by atoms with Gasteiger partial charge in [-0.15, -0.1) is 0 Å². The first-order chi connectivity index (χ1) is 8.73. The van der Waals surface area contributed by atoms with Crippen molar-refractivity contribution < 1.29 is 13.2 Å². The number of rotatable bonds is 6. The predicted octanol–water partition coefficient (Wildman–Crippen LogP) is 1.58. The molecule has 1 aromatic rings. The number of amides is 1. The average molecular weight is 349 g/mol. The zero-order chi connectivity index (χ0) is 14.6. The number of benzene rings is 1. The Kier molecular flexibility index (Phi) is 5.51. The van der Waals surface area contributed by atoms with Crippen molar-refractivity contribution in [3.63, 3.8) is 0 Å². The molecule has 0 saturated heterocycles. The number of primary amides is 1. The van der Waals surface area contributed by atoms with Crippen LogP contribution in [0.5, 0.6) is 0 Å². The second-order valence-electron chi connectivity index (χ2n) is 4.62. The quantitative estimate of drug-likeness (QED) is 0.847. The third kappa shape index (κ3) is 4.59. The highest BCUT2D eigenvalue weighted by molar-refractivity contribution is 9.10. The normalized spacial score (nSPS) is 12.1. The van der Waals surface area contributed by atoms with Crippen molar-refractivity contribution in [2.45, 2.75) is 18.7 Å². The Morgan fingerprint density at radius 1 is 1.42 bits per heavy atom. The van der Waals surface area contributed by atoms with E-state index in [4.69, 9.17) is 5.73 Å². The SMILES string of the molecule is CC(C)CN(CC(N)=O)S(=O)(=O)c1cccc(Br)c1. The molecule has 5 nitrogen and oxygen atoms in total. The summed E-state index contributed by atoms with van der Waals surface area (Å²) < 4.78 is 26.7. The minimum absolute atomic E-state index is 0.0984. The summed E-state index contributed by atoms with van der Waals surface area (Å²) in [4.78, 5) is 11.2. The van der Waals surface area contributed by atoms with Gasteiger partial charge in [0.15, 0.2) is 0 Å². The van der Waals surface area contributed by atoms with E-state index in [-0.39, 0.29) is 23.9 Å². The summed E-state index contributed by atoms with van der Waals surface area (Å²) in [6.07, 6.45) is 0. The lowest BCUT2D eigenvalue weighted by molar-refractivity contribution is -0.118. The molecular formula is C12H17BrN2O3S. The molecule has 0 heterocycles. The van der Waals surface area contributed by atoms with Crippen molar-refractivity contribution >= 4 is 31.9 Å². The number of hydrogen-bond donors (Lipinski definition) is 1. The number of hydrogen-bond acceptors (Lipinski definition) is 3. The maximum atomic E-state index is 12.5. The molecule has 0 bridgehead atoms. The average Bonchev–Trinajstić information content (AvgIpc) is 2.26. The fourth-order valence-corrected chi connectivity index (χ4v) is 3.77. The molecule has 0 unspecified atom stereocenters. The van der Waals surface area contributed by atoms with E-state index in [0.717, 1.165) is 4.31 Å². The molecule has 0 spiro atoms. The molecule has 2 N–H and O–H groups in total. The van der Waals surface area contributed by atoms with Crippen LogP contribution in [-0.2, 0) is 14.8 Å². The number of carbonyl (C=O) groups excluding carboxylic acids is 1. The topological polar surface area (TPSA) is 80.5 Å². The zero-order valence-corrected chi connectivity index (χ0v) is 13.2. The van der Waals surface area contributed by atoms with Gasteiger partial charge in [0, 0.05) is 11.0 Å². The van der Waals surface area contributed by atoms with Crippen LogP contribution in [0.1, 0.15) is 13.8 Å². The van der Waals surface area contributed by atoms with E-state index in [1.165, 1.54) is 12.1 Å². The lowest BCUT2D eigenvalue weighted by Gasteiger charge is -2.22. The standard InChI is InChI=1S/C12H17BrN2O3S/c1-9(2)7-15(8-12(14)16)19(17,18)11-5-3-4-10(13)6-11/h3-6,9H,7-8H2,1-2H3,(H2,14,16). The monoisotopic (exact) mass is 348 g/mol. The van der Waals surface area contributed by atoms with Crippen LogP contribution in [0.4, 0.5) is 0 Å². The van der Waals surface area contributed by atoms with Crippen molar-refractivity contribution in [2.75, 3.05) is 13.1 Å². The molecule has 0 radical (unpaired) electrons. The fraction of sp³-hybridized carbons (Fsp3) is 0.417. The van der Waals surface area contributed by atoms with E-state index >= 15 is 0 Å². The Bertz CT molecular complexity index is 558. The minimum Gasteiger partial charge on any atom is -0.369 e. The van der Waals surface area contributed by atoms with Crippen molar-refractivity contribution in [1.29, 1.82) is 0 Å². The molecule has 0 saturated carbocycles. The van der Waals surface area contributed by atoms with Gasteiger partial charge in [0.2, 0.25) is 15.9 Å². The molecule has 0 aliphatic rings. The molecule has 1 aromatic carbocycles. The van der Waals surface area contributed by atoms with Crippen LogP contribution in [-0.4, -0.2) is 31.7 Å². The summed E-state index contributed by atoms with van der Waals surface area (Å²) in [5, 5.41) is 0. The molecule has 0 aliphatic heterocycles. The highest BCUT2D eigenvalue weighted by atomic mass is 79.9. The van der Waals surface area contributed by atoms with Crippen LogP contribution < -0.4 is 5.73 Å². The Morgan fingerprint density at radius 2 is 2.05 bits per heavy atom. The van der Waals surface area contributed by atoms with Gasteiger partial charge in [-0.25, -0.2) is 8.42 Å². The molecular weight excluding hydrogens is 332 g/mol. The smallest absolute Gasteiger partial charge is 0.243 e. The first-order valence-electron chi connectivity index (χ1n) is 5.77. The number of sulfonamides is 1. The molecule has 0 aliphatic carbocycles. The Morgan fingerprint density at radius 3 is 2.53 bits per heavy atom. The highest BCUT2D eigenvalue weighted by Gasteiger charge is 2.26. The summed E-state index contributed by atoms with van der Waals surface area (Å²) in [6, 6.07) is 6.37. The first-order valence-corrected chi connectivity index (χ1v) is 8.01. The molecule has 106 valence electrons. The second-order valence-corrected chi connectivity index (χ2v) is 7.47. The van der Waals surface area contributed by atoms with Gasteiger partial charge >= 0.3 is 0 Å². The van der Waals surface area contributed by atoms with Crippen LogP contribution in [0.25, 0.3) is 0 Å². The van der Waals surface area contributed by atoms with E-state index in [1.807, 2.05) is 13.8 Å². The summed E-state index contributed by atoms with van der Waals surface area (Å²) in [6.45, 7) is 3.69. The van der Waals surface area contributed by atoms with E-state index in [0.29, 0.717) is 4.47 Å². The van der Waals surface area contributed by atoms with Crippen LogP contribution in [0.3, 0.4) is 0 Å². The molecule has 19 heavy (non-hydrogen) atoms. The Labute approximate surface area is 122 Å². The van der Waals surface area contributed by atoms with E-state index in [2.05, 4.69) is 15.9 Å². The summed E-state index contributed by atoms with van der Waals surface area (Å²) in [5.41, 5.74) is 5.12. The molecule has 0 fully saturated rings. The third-order valence-electron chi connectivity index (χ3n) is 2.33. The maximum absolute atomic E-state index is 12.5. The molecule has 7 heteroatoms. The van der Waals surface area contributed by atoms with E-state index < -0.39 is 15.9 Å². The molecule has 0 aromatic heterocycles. The number of nitrogens with two attached hydrogens (primary N) is 1. The molecule has 0 atom stereocenters. The Hall–Kier alpha value is -0.920. The van der Waals surface area contributed by atoms with Gasteiger partial charge in [0.1, 0.15) is 0 Å². The van der Waals surface area contributed by atoms with Gasteiger partial charge in [-0.1, -0.05) is 35.8 Å². The van der Waals surface area contributed by atoms with Gasteiger partial charge in [-0.2, -0.15) is 4.31 Å². The first kappa shape index (κ1) is 16.1. The Balaban J connectivity index is 3.15. The van der Waals surface area contributed by atoms with E-state index in [1.54, 1.807) is 12.1 Å². The van der Waals surface area contributed by atoms with Crippen LogP contribution in [0.15, 0.2) is 33.6 Å². The summed E-state index contributed by atoms with van der Waals surface area (Å²) >= 11 is 3.23. The van der Waals surface area contributed by atoms with Crippen LogP contribution in [0.2, 0.25) is 0 Å². The van der Waals surface area contributed by atoms with Crippen LogP contribution in [0, 0.1) is 5.92 Å². The summed E-state index contributed by atoms with van der Waals surface area (Å²) in [5.74, 6) is -0.569. The van der Waals surface area contributed by atoms with Gasteiger partial charge in [-0.3, -0.25) is 4.79 Å². The number of halogens is 1.